The maximum atomic E-state index is 12.9. The molecule has 2 aliphatic rings. The SMILES string of the molecule is CC(C)NC(=O)[C@@H]1C[C@@H](NC2Cc3ccccc3C2)CN1Cc1ccccc1Cl. The monoisotopic (exact) mass is 411 g/mol. The first kappa shape index (κ1) is 20.4. The fraction of sp³-hybridized carbons (Fsp3) is 0.458. The number of carbonyl (C=O) groups is 1. The van der Waals surface area contributed by atoms with Gasteiger partial charge in [0.15, 0.2) is 0 Å². The molecule has 0 spiro atoms. The number of nitrogens with one attached hydrogen (secondary N) is 2. The molecule has 0 saturated carbocycles. The number of halogens is 1. The molecule has 0 radical (unpaired) electrons. The number of carbonyl (C=O) groups excluding carboxylic acids is 1. The van der Waals surface area contributed by atoms with Gasteiger partial charge in [-0.05, 0) is 55.9 Å². The molecule has 1 saturated heterocycles. The summed E-state index contributed by atoms with van der Waals surface area (Å²) in [6, 6.07) is 17.4. The van der Waals surface area contributed by atoms with Crippen LogP contribution in [-0.4, -0.2) is 41.5 Å². The maximum absolute atomic E-state index is 12.9. The molecule has 154 valence electrons. The molecule has 0 bridgehead atoms. The second-order valence-electron chi connectivity index (χ2n) is 8.67. The van der Waals surface area contributed by atoms with E-state index in [1.165, 1.54) is 11.1 Å². The van der Waals surface area contributed by atoms with E-state index in [4.69, 9.17) is 11.6 Å². The van der Waals surface area contributed by atoms with Gasteiger partial charge in [0.05, 0.1) is 6.04 Å². The van der Waals surface area contributed by atoms with Crippen molar-refractivity contribution in [3.05, 3.63) is 70.2 Å². The van der Waals surface area contributed by atoms with Crippen molar-refractivity contribution in [1.82, 2.24) is 15.5 Å². The van der Waals surface area contributed by atoms with E-state index in [1.807, 2.05) is 38.1 Å². The number of likely N-dealkylation sites (tertiary alicyclic amines) is 1. The van der Waals surface area contributed by atoms with Gasteiger partial charge in [0.25, 0.3) is 0 Å². The summed E-state index contributed by atoms with van der Waals surface area (Å²) in [7, 11) is 0. The molecular formula is C24H30ClN3O. The van der Waals surface area contributed by atoms with E-state index >= 15 is 0 Å². The number of benzene rings is 2. The third-order valence-corrected chi connectivity index (χ3v) is 6.36. The van der Waals surface area contributed by atoms with E-state index in [0.29, 0.717) is 18.6 Å². The molecule has 1 fully saturated rings. The van der Waals surface area contributed by atoms with Crippen LogP contribution in [0.2, 0.25) is 5.02 Å². The predicted molar refractivity (Wildman–Crippen MR) is 118 cm³/mol. The summed E-state index contributed by atoms with van der Waals surface area (Å²) in [5.74, 6) is 0.117. The lowest BCUT2D eigenvalue weighted by atomic mass is 10.1. The third kappa shape index (κ3) is 4.82. The Morgan fingerprint density at radius 2 is 1.72 bits per heavy atom. The zero-order chi connectivity index (χ0) is 20.4. The molecule has 1 aliphatic carbocycles. The number of fused-ring (bicyclic) bond motifs is 1. The van der Waals surface area contributed by atoms with E-state index in [0.717, 1.165) is 36.4 Å². The molecule has 0 aromatic heterocycles. The maximum Gasteiger partial charge on any atom is 0.237 e. The van der Waals surface area contributed by atoms with Crippen molar-refractivity contribution in [3.63, 3.8) is 0 Å². The summed E-state index contributed by atoms with van der Waals surface area (Å²) in [5, 5.41) is 7.70. The minimum Gasteiger partial charge on any atom is -0.353 e. The van der Waals surface area contributed by atoms with Crippen molar-refractivity contribution in [2.75, 3.05) is 6.54 Å². The van der Waals surface area contributed by atoms with Gasteiger partial charge in [-0.1, -0.05) is 54.1 Å². The van der Waals surface area contributed by atoms with Crippen molar-refractivity contribution in [1.29, 1.82) is 0 Å². The highest BCUT2D eigenvalue weighted by Gasteiger charge is 2.38. The van der Waals surface area contributed by atoms with Crippen LogP contribution in [0, 0.1) is 0 Å². The Bertz CT molecular complexity index is 844. The molecule has 2 atom stereocenters. The van der Waals surface area contributed by atoms with Gasteiger partial charge in [0, 0.05) is 36.2 Å². The van der Waals surface area contributed by atoms with Crippen molar-refractivity contribution >= 4 is 17.5 Å². The molecule has 2 aromatic carbocycles. The fourth-order valence-corrected chi connectivity index (χ4v) is 4.90. The Morgan fingerprint density at radius 3 is 2.38 bits per heavy atom. The average molecular weight is 412 g/mol. The highest BCUT2D eigenvalue weighted by atomic mass is 35.5. The molecular weight excluding hydrogens is 382 g/mol. The highest BCUT2D eigenvalue weighted by molar-refractivity contribution is 6.31. The van der Waals surface area contributed by atoms with Crippen molar-refractivity contribution in [2.24, 2.45) is 0 Å². The second kappa shape index (κ2) is 8.86. The molecule has 1 heterocycles. The summed E-state index contributed by atoms with van der Waals surface area (Å²) in [6.07, 6.45) is 2.97. The minimum absolute atomic E-state index is 0.117. The van der Waals surface area contributed by atoms with Gasteiger partial charge in [0.1, 0.15) is 0 Å². The van der Waals surface area contributed by atoms with Crippen LogP contribution in [0.4, 0.5) is 0 Å². The summed E-state index contributed by atoms with van der Waals surface area (Å²) >= 11 is 6.40. The van der Waals surface area contributed by atoms with E-state index in [-0.39, 0.29) is 18.0 Å². The third-order valence-electron chi connectivity index (χ3n) is 5.99. The number of rotatable bonds is 6. The standard InChI is InChI=1S/C24H30ClN3O/c1-16(2)26-24(29)23-13-21(15-28(23)14-19-9-5-6-10-22(19)25)27-20-11-17-7-3-4-8-18(17)12-20/h3-10,16,20-21,23,27H,11-15H2,1-2H3,(H,26,29)/t21-,23+/m1/s1. The number of hydrogen-bond acceptors (Lipinski definition) is 3. The van der Waals surface area contributed by atoms with Gasteiger partial charge in [-0.25, -0.2) is 0 Å². The minimum atomic E-state index is -0.130. The van der Waals surface area contributed by atoms with Crippen LogP contribution < -0.4 is 10.6 Å². The Hall–Kier alpha value is -1.88. The summed E-state index contributed by atoms with van der Waals surface area (Å²) in [6.45, 7) is 5.57. The molecule has 29 heavy (non-hydrogen) atoms. The number of nitrogens with zero attached hydrogens (tertiary/aromatic N) is 1. The van der Waals surface area contributed by atoms with E-state index in [9.17, 15) is 4.79 Å². The predicted octanol–water partition coefficient (Wildman–Crippen LogP) is 3.56. The summed E-state index contributed by atoms with van der Waals surface area (Å²) in [4.78, 5) is 15.2. The van der Waals surface area contributed by atoms with Crippen molar-refractivity contribution < 1.29 is 4.79 Å². The largest absolute Gasteiger partial charge is 0.353 e. The Kier molecular flexibility index (Phi) is 6.23. The normalized spacial score (nSPS) is 22.2. The first-order chi connectivity index (χ1) is 14.0. The molecule has 4 rings (SSSR count). The summed E-state index contributed by atoms with van der Waals surface area (Å²) < 4.78 is 0. The van der Waals surface area contributed by atoms with Crippen LogP contribution in [-0.2, 0) is 24.2 Å². The lowest BCUT2D eigenvalue weighted by Crippen LogP contribution is -2.45. The van der Waals surface area contributed by atoms with Crippen LogP contribution in [0.15, 0.2) is 48.5 Å². The van der Waals surface area contributed by atoms with Gasteiger partial charge < -0.3 is 10.6 Å². The number of amides is 1. The number of hydrogen-bond donors (Lipinski definition) is 2. The molecule has 5 heteroatoms. The lowest BCUT2D eigenvalue weighted by molar-refractivity contribution is -0.126. The van der Waals surface area contributed by atoms with Crippen LogP contribution in [0.25, 0.3) is 0 Å². The van der Waals surface area contributed by atoms with Crippen LogP contribution in [0.5, 0.6) is 0 Å². The molecule has 4 nitrogen and oxygen atoms in total. The first-order valence-corrected chi connectivity index (χ1v) is 11.0. The van der Waals surface area contributed by atoms with Crippen LogP contribution >= 0.6 is 11.6 Å². The summed E-state index contributed by atoms with van der Waals surface area (Å²) in [5.41, 5.74) is 3.97. The zero-order valence-corrected chi connectivity index (χ0v) is 18.0. The molecule has 0 unspecified atom stereocenters. The average Bonchev–Trinajstić information content (AvgIpc) is 3.26. The molecule has 2 N–H and O–H groups in total. The smallest absolute Gasteiger partial charge is 0.237 e. The van der Waals surface area contributed by atoms with Gasteiger partial charge in [0.2, 0.25) is 5.91 Å². The van der Waals surface area contributed by atoms with Gasteiger partial charge in [-0.2, -0.15) is 0 Å². The topological polar surface area (TPSA) is 44.4 Å². The van der Waals surface area contributed by atoms with Crippen molar-refractivity contribution in [3.8, 4) is 0 Å². The van der Waals surface area contributed by atoms with Crippen molar-refractivity contribution in [2.45, 2.75) is 63.8 Å². The Morgan fingerprint density at radius 1 is 1.07 bits per heavy atom. The van der Waals surface area contributed by atoms with E-state index in [2.05, 4.69) is 39.8 Å². The Labute approximate surface area is 178 Å². The highest BCUT2D eigenvalue weighted by Crippen LogP contribution is 2.27. The van der Waals surface area contributed by atoms with Gasteiger partial charge in [-0.15, -0.1) is 0 Å². The zero-order valence-electron chi connectivity index (χ0n) is 17.2. The van der Waals surface area contributed by atoms with E-state index in [1.54, 1.807) is 0 Å². The second-order valence-corrected chi connectivity index (χ2v) is 9.08. The molecule has 1 amide bonds. The quantitative estimate of drug-likeness (QED) is 0.763. The van der Waals surface area contributed by atoms with Gasteiger partial charge in [-0.3, -0.25) is 9.69 Å². The van der Waals surface area contributed by atoms with Crippen LogP contribution in [0.1, 0.15) is 37.0 Å². The van der Waals surface area contributed by atoms with E-state index < -0.39 is 0 Å². The molecule has 2 aromatic rings. The van der Waals surface area contributed by atoms with Crippen LogP contribution in [0.3, 0.4) is 0 Å². The molecule has 1 aliphatic heterocycles. The first-order valence-electron chi connectivity index (χ1n) is 10.6. The fourth-order valence-electron chi connectivity index (χ4n) is 4.71. The van der Waals surface area contributed by atoms with Gasteiger partial charge >= 0.3 is 0 Å². The Balaban J connectivity index is 1.45. The lowest BCUT2D eigenvalue weighted by Gasteiger charge is -2.25.